The predicted octanol–water partition coefficient (Wildman–Crippen LogP) is 2.55. The van der Waals surface area contributed by atoms with Gasteiger partial charge in [-0.25, -0.2) is 9.59 Å². The Labute approximate surface area is 124 Å². The molecule has 0 aromatic heterocycles. The van der Waals surface area contributed by atoms with E-state index in [-0.39, 0.29) is 5.41 Å². The molecule has 1 fully saturated rings. The Morgan fingerprint density at radius 2 is 1.86 bits per heavy atom. The molecule has 0 bridgehead atoms. The largest absolute Gasteiger partial charge is 0.479 e. The maximum atomic E-state index is 11.9. The van der Waals surface area contributed by atoms with Crippen molar-refractivity contribution in [1.29, 1.82) is 0 Å². The van der Waals surface area contributed by atoms with Crippen LogP contribution < -0.4 is 10.6 Å². The van der Waals surface area contributed by atoms with Crippen molar-refractivity contribution in [3.05, 3.63) is 35.9 Å². The van der Waals surface area contributed by atoms with Crippen molar-refractivity contribution < 1.29 is 14.7 Å². The number of nitrogens with one attached hydrogen (secondary N) is 2. The molecule has 114 valence electrons. The van der Waals surface area contributed by atoms with Gasteiger partial charge in [-0.15, -0.1) is 0 Å². The molecule has 1 saturated carbocycles. The lowest BCUT2D eigenvalue weighted by Crippen LogP contribution is -2.43. The van der Waals surface area contributed by atoms with Gasteiger partial charge in [-0.05, 0) is 29.7 Å². The minimum absolute atomic E-state index is 0.197. The van der Waals surface area contributed by atoms with E-state index in [2.05, 4.69) is 24.5 Å². The van der Waals surface area contributed by atoms with Crippen molar-refractivity contribution in [1.82, 2.24) is 10.6 Å². The Kier molecular flexibility index (Phi) is 4.50. The number of carbonyl (C=O) groups excluding carboxylic acids is 1. The van der Waals surface area contributed by atoms with Crippen LogP contribution in [0.4, 0.5) is 4.79 Å². The van der Waals surface area contributed by atoms with E-state index in [0.29, 0.717) is 18.0 Å². The van der Waals surface area contributed by atoms with Gasteiger partial charge in [0.25, 0.3) is 0 Å². The molecule has 3 N–H and O–H groups in total. The van der Waals surface area contributed by atoms with Crippen molar-refractivity contribution in [2.45, 2.75) is 32.7 Å². The summed E-state index contributed by atoms with van der Waals surface area (Å²) in [5.41, 5.74) is 0.758. The average Bonchev–Trinajstić information content (AvgIpc) is 3.24. The van der Waals surface area contributed by atoms with E-state index < -0.39 is 18.0 Å². The summed E-state index contributed by atoms with van der Waals surface area (Å²) in [6.45, 7) is 4.89. The average molecular weight is 290 g/mol. The number of aliphatic carboxylic acids is 1. The molecule has 2 rings (SSSR count). The van der Waals surface area contributed by atoms with Gasteiger partial charge in [0.2, 0.25) is 0 Å². The molecule has 0 aliphatic heterocycles. The van der Waals surface area contributed by atoms with Gasteiger partial charge in [0.05, 0.1) is 0 Å². The van der Waals surface area contributed by atoms with Crippen molar-refractivity contribution in [2.75, 3.05) is 6.54 Å². The number of carbonyl (C=O) groups is 2. The lowest BCUT2D eigenvalue weighted by molar-refractivity contribution is -0.139. The molecule has 0 radical (unpaired) electrons. The molecule has 1 atom stereocenters. The van der Waals surface area contributed by atoms with E-state index in [1.807, 2.05) is 6.07 Å². The summed E-state index contributed by atoms with van der Waals surface area (Å²) in [5, 5.41) is 14.6. The fourth-order valence-corrected chi connectivity index (χ4v) is 2.49. The highest BCUT2D eigenvalue weighted by Crippen LogP contribution is 2.51. The first-order valence-corrected chi connectivity index (χ1v) is 7.27. The van der Waals surface area contributed by atoms with Crippen LogP contribution in [0, 0.1) is 11.3 Å². The second kappa shape index (κ2) is 6.16. The van der Waals surface area contributed by atoms with Gasteiger partial charge in [-0.1, -0.05) is 44.2 Å². The molecule has 5 nitrogen and oxygen atoms in total. The Morgan fingerprint density at radius 3 is 2.33 bits per heavy atom. The minimum Gasteiger partial charge on any atom is -0.479 e. The molecular formula is C16H22N2O3. The van der Waals surface area contributed by atoms with Crippen LogP contribution in [0.15, 0.2) is 30.3 Å². The fraction of sp³-hybridized carbons (Fsp3) is 0.500. The number of hydrogen-bond acceptors (Lipinski definition) is 2. The lowest BCUT2D eigenvalue weighted by Gasteiger charge is -2.21. The standard InChI is InChI=1S/C16H22N2O3/c1-11(2)16(8-9-16)10-17-15(21)18-13(14(19)20)12-6-4-3-5-7-12/h3-7,11,13H,8-10H2,1-2H3,(H,19,20)(H2,17,18,21). The molecule has 0 heterocycles. The smallest absolute Gasteiger partial charge is 0.330 e. The number of urea groups is 1. The Balaban J connectivity index is 1.92. The summed E-state index contributed by atoms with van der Waals surface area (Å²) in [6.07, 6.45) is 2.23. The van der Waals surface area contributed by atoms with E-state index in [0.717, 1.165) is 12.8 Å². The number of benzene rings is 1. The number of amides is 2. The minimum atomic E-state index is -1.07. The summed E-state index contributed by atoms with van der Waals surface area (Å²) in [6, 6.07) is 7.23. The highest BCUT2D eigenvalue weighted by molar-refractivity contribution is 5.83. The van der Waals surface area contributed by atoms with Crippen molar-refractivity contribution in [3.63, 3.8) is 0 Å². The fourth-order valence-electron chi connectivity index (χ4n) is 2.49. The van der Waals surface area contributed by atoms with E-state index >= 15 is 0 Å². The zero-order chi connectivity index (χ0) is 15.5. The highest BCUT2D eigenvalue weighted by atomic mass is 16.4. The maximum Gasteiger partial charge on any atom is 0.330 e. The van der Waals surface area contributed by atoms with Crippen LogP contribution in [0.1, 0.15) is 38.3 Å². The highest BCUT2D eigenvalue weighted by Gasteiger charge is 2.45. The van der Waals surface area contributed by atoms with Crippen LogP contribution in [-0.2, 0) is 4.79 Å². The quantitative estimate of drug-likeness (QED) is 0.753. The maximum absolute atomic E-state index is 11.9. The number of rotatable bonds is 6. The van der Waals surface area contributed by atoms with E-state index in [1.54, 1.807) is 24.3 Å². The molecule has 0 saturated heterocycles. The molecule has 1 aromatic rings. The second-order valence-electron chi connectivity index (χ2n) is 6.03. The summed E-state index contributed by atoms with van der Waals surface area (Å²) in [5.74, 6) is -0.552. The topological polar surface area (TPSA) is 78.4 Å². The first kappa shape index (κ1) is 15.4. The third kappa shape index (κ3) is 3.74. The van der Waals surface area contributed by atoms with E-state index in [1.165, 1.54) is 0 Å². The number of hydrogen-bond donors (Lipinski definition) is 3. The molecule has 0 spiro atoms. The van der Waals surface area contributed by atoms with Gasteiger partial charge < -0.3 is 15.7 Å². The molecule has 2 amide bonds. The Morgan fingerprint density at radius 1 is 1.24 bits per heavy atom. The van der Waals surface area contributed by atoms with Gasteiger partial charge in [0.1, 0.15) is 0 Å². The Hall–Kier alpha value is -2.04. The Bertz CT molecular complexity index is 510. The van der Waals surface area contributed by atoms with Crippen molar-refractivity contribution in [2.24, 2.45) is 11.3 Å². The lowest BCUT2D eigenvalue weighted by atomic mass is 9.92. The zero-order valence-corrected chi connectivity index (χ0v) is 12.4. The van der Waals surface area contributed by atoms with Crippen LogP contribution in [-0.4, -0.2) is 23.7 Å². The van der Waals surface area contributed by atoms with E-state index in [4.69, 9.17) is 0 Å². The summed E-state index contributed by atoms with van der Waals surface area (Å²) < 4.78 is 0. The molecule has 1 aliphatic carbocycles. The summed E-state index contributed by atoms with van der Waals surface area (Å²) in [4.78, 5) is 23.3. The van der Waals surface area contributed by atoms with Gasteiger partial charge in [0, 0.05) is 6.54 Å². The van der Waals surface area contributed by atoms with Crippen molar-refractivity contribution >= 4 is 12.0 Å². The molecule has 5 heteroatoms. The monoisotopic (exact) mass is 290 g/mol. The molecular weight excluding hydrogens is 268 g/mol. The molecule has 1 aliphatic rings. The molecule has 21 heavy (non-hydrogen) atoms. The van der Waals surface area contributed by atoms with Gasteiger partial charge >= 0.3 is 12.0 Å². The number of carboxylic acid groups (broad SMARTS) is 1. The first-order valence-electron chi connectivity index (χ1n) is 7.27. The SMILES string of the molecule is CC(C)C1(CNC(=O)NC(C(=O)O)c2ccccc2)CC1. The second-order valence-corrected chi connectivity index (χ2v) is 6.03. The first-order chi connectivity index (χ1) is 9.94. The number of carboxylic acids is 1. The van der Waals surface area contributed by atoms with E-state index in [9.17, 15) is 14.7 Å². The van der Waals surface area contributed by atoms with Crippen LogP contribution in [0.3, 0.4) is 0 Å². The summed E-state index contributed by atoms with van der Waals surface area (Å²) >= 11 is 0. The summed E-state index contributed by atoms with van der Waals surface area (Å²) in [7, 11) is 0. The predicted molar refractivity (Wildman–Crippen MR) is 79.9 cm³/mol. The van der Waals surface area contributed by atoms with Gasteiger partial charge in [-0.3, -0.25) is 0 Å². The molecule has 1 unspecified atom stereocenters. The zero-order valence-electron chi connectivity index (χ0n) is 12.4. The van der Waals surface area contributed by atoms with Crippen LogP contribution in [0.5, 0.6) is 0 Å². The normalized spacial score (nSPS) is 17.1. The third-order valence-corrected chi connectivity index (χ3v) is 4.37. The molecule has 1 aromatic carbocycles. The van der Waals surface area contributed by atoms with Crippen LogP contribution in [0.25, 0.3) is 0 Å². The van der Waals surface area contributed by atoms with Gasteiger partial charge in [-0.2, -0.15) is 0 Å². The van der Waals surface area contributed by atoms with Crippen LogP contribution >= 0.6 is 0 Å². The van der Waals surface area contributed by atoms with Crippen LogP contribution in [0.2, 0.25) is 0 Å². The van der Waals surface area contributed by atoms with Crippen molar-refractivity contribution in [3.8, 4) is 0 Å². The van der Waals surface area contributed by atoms with Gasteiger partial charge in [0.15, 0.2) is 6.04 Å². The third-order valence-electron chi connectivity index (χ3n) is 4.37.